The van der Waals surface area contributed by atoms with Crippen molar-refractivity contribution in [2.24, 2.45) is 0 Å². The van der Waals surface area contributed by atoms with E-state index in [0.717, 1.165) is 15.4 Å². The van der Waals surface area contributed by atoms with Crippen molar-refractivity contribution in [1.82, 2.24) is 4.31 Å². The number of sulfonamides is 1. The monoisotopic (exact) mass is 474 g/mol. The van der Waals surface area contributed by atoms with Crippen molar-refractivity contribution in [1.29, 1.82) is 0 Å². The Bertz CT molecular complexity index is 978. The van der Waals surface area contributed by atoms with Gasteiger partial charge in [-0.05, 0) is 71.2 Å². The van der Waals surface area contributed by atoms with E-state index in [2.05, 4.69) is 21.2 Å². The van der Waals surface area contributed by atoms with E-state index in [4.69, 9.17) is 16.3 Å². The van der Waals surface area contributed by atoms with Gasteiger partial charge in [0, 0.05) is 24.8 Å². The van der Waals surface area contributed by atoms with Gasteiger partial charge < -0.3 is 10.1 Å². The van der Waals surface area contributed by atoms with Crippen LogP contribution in [0.25, 0.3) is 0 Å². The van der Waals surface area contributed by atoms with Gasteiger partial charge in [0.05, 0.1) is 9.37 Å². The topological polar surface area (TPSA) is 75.7 Å². The van der Waals surface area contributed by atoms with Gasteiger partial charge in [-0.25, -0.2) is 12.7 Å². The molecule has 0 aliphatic rings. The van der Waals surface area contributed by atoms with Crippen LogP contribution in [0.2, 0.25) is 5.02 Å². The largest absolute Gasteiger partial charge is 0.483 e. The third kappa shape index (κ3) is 5.22. The molecule has 0 aliphatic carbocycles. The average Bonchev–Trinajstić information content (AvgIpc) is 2.57. The standard InChI is InChI=1S/C18H20BrClN2O4S/c1-11-7-14(27(24,25)22(3)4)9-16(12(11)2)21-18(23)10-26-17-6-5-13(20)8-15(17)19/h5-9H,10H2,1-4H3,(H,21,23). The summed E-state index contributed by atoms with van der Waals surface area (Å²) in [6, 6.07) is 8.01. The third-order valence-corrected chi connectivity index (χ3v) is 6.59. The SMILES string of the molecule is Cc1cc(S(=O)(=O)N(C)C)cc(NC(=O)COc2ccc(Cl)cc2Br)c1C. The summed E-state index contributed by atoms with van der Waals surface area (Å²) >= 11 is 9.19. The highest BCUT2D eigenvalue weighted by Gasteiger charge is 2.20. The Balaban J connectivity index is 2.18. The molecule has 2 aromatic carbocycles. The van der Waals surface area contributed by atoms with E-state index in [-0.39, 0.29) is 11.5 Å². The Morgan fingerprint density at radius 1 is 1.22 bits per heavy atom. The molecule has 0 saturated carbocycles. The van der Waals surface area contributed by atoms with Crippen LogP contribution in [0.3, 0.4) is 0 Å². The van der Waals surface area contributed by atoms with Gasteiger partial charge in [-0.15, -0.1) is 0 Å². The molecule has 0 saturated heterocycles. The summed E-state index contributed by atoms with van der Waals surface area (Å²) in [4.78, 5) is 12.4. The van der Waals surface area contributed by atoms with Crippen LogP contribution in [0, 0.1) is 13.8 Å². The Labute approximate surface area is 172 Å². The van der Waals surface area contributed by atoms with E-state index in [0.29, 0.717) is 20.9 Å². The molecule has 27 heavy (non-hydrogen) atoms. The molecule has 2 rings (SSSR count). The molecule has 0 spiro atoms. The summed E-state index contributed by atoms with van der Waals surface area (Å²) in [5.74, 6) is 0.0742. The van der Waals surface area contributed by atoms with Crippen molar-refractivity contribution in [2.75, 3.05) is 26.0 Å². The molecule has 9 heteroatoms. The molecule has 0 radical (unpaired) electrons. The van der Waals surface area contributed by atoms with Crippen molar-refractivity contribution in [3.63, 3.8) is 0 Å². The molecule has 0 fully saturated rings. The second-order valence-corrected chi connectivity index (χ2v) is 9.55. The van der Waals surface area contributed by atoms with E-state index in [1.165, 1.54) is 20.2 Å². The summed E-state index contributed by atoms with van der Waals surface area (Å²) in [5, 5.41) is 3.26. The molecule has 0 bridgehead atoms. The van der Waals surface area contributed by atoms with Gasteiger partial charge in [-0.1, -0.05) is 11.6 Å². The maximum atomic E-state index is 12.4. The molecule has 6 nitrogen and oxygen atoms in total. The van der Waals surface area contributed by atoms with E-state index >= 15 is 0 Å². The number of hydrogen-bond donors (Lipinski definition) is 1. The maximum Gasteiger partial charge on any atom is 0.262 e. The fraction of sp³-hybridized carbons (Fsp3) is 0.278. The minimum atomic E-state index is -3.61. The third-order valence-electron chi connectivity index (χ3n) is 3.95. The van der Waals surface area contributed by atoms with Crippen LogP contribution >= 0.6 is 27.5 Å². The van der Waals surface area contributed by atoms with E-state index in [1.807, 2.05) is 6.92 Å². The van der Waals surface area contributed by atoms with Crippen LogP contribution in [0.1, 0.15) is 11.1 Å². The number of nitrogens with zero attached hydrogens (tertiary/aromatic N) is 1. The van der Waals surface area contributed by atoms with Crippen LogP contribution in [-0.4, -0.2) is 39.3 Å². The van der Waals surface area contributed by atoms with Gasteiger partial charge >= 0.3 is 0 Å². The normalized spacial score (nSPS) is 11.5. The number of amides is 1. The molecule has 0 heterocycles. The summed E-state index contributed by atoms with van der Waals surface area (Å²) in [7, 11) is -0.689. The fourth-order valence-electron chi connectivity index (χ4n) is 2.24. The highest BCUT2D eigenvalue weighted by molar-refractivity contribution is 9.10. The number of nitrogens with one attached hydrogen (secondary N) is 1. The van der Waals surface area contributed by atoms with Crippen LogP contribution in [0.4, 0.5) is 5.69 Å². The van der Waals surface area contributed by atoms with Gasteiger partial charge in [0.2, 0.25) is 10.0 Å². The number of carbonyl (C=O) groups is 1. The number of aryl methyl sites for hydroxylation is 1. The fourth-order valence-corrected chi connectivity index (χ4v) is 4.05. The van der Waals surface area contributed by atoms with Gasteiger partial charge in [0.25, 0.3) is 5.91 Å². The van der Waals surface area contributed by atoms with Gasteiger partial charge in [-0.2, -0.15) is 0 Å². The lowest BCUT2D eigenvalue weighted by atomic mass is 10.1. The zero-order valence-electron chi connectivity index (χ0n) is 15.3. The first kappa shape index (κ1) is 21.7. The van der Waals surface area contributed by atoms with Crippen LogP contribution in [0.5, 0.6) is 5.75 Å². The van der Waals surface area contributed by atoms with Crippen molar-refractivity contribution in [2.45, 2.75) is 18.7 Å². The average molecular weight is 476 g/mol. The molecule has 0 aromatic heterocycles. The lowest BCUT2D eigenvalue weighted by Gasteiger charge is -2.16. The molecular formula is C18H20BrClN2O4S. The lowest BCUT2D eigenvalue weighted by molar-refractivity contribution is -0.118. The Morgan fingerprint density at radius 2 is 1.89 bits per heavy atom. The highest BCUT2D eigenvalue weighted by Crippen LogP contribution is 2.28. The predicted molar refractivity (Wildman–Crippen MR) is 110 cm³/mol. The zero-order valence-corrected chi connectivity index (χ0v) is 18.5. The van der Waals surface area contributed by atoms with Gasteiger partial charge in [0.1, 0.15) is 5.75 Å². The summed E-state index contributed by atoms with van der Waals surface area (Å²) in [6.45, 7) is 3.37. The van der Waals surface area contributed by atoms with Crippen LogP contribution < -0.4 is 10.1 Å². The maximum absolute atomic E-state index is 12.4. The van der Waals surface area contributed by atoms with E-state index in [1.54, 1.807) is 31.2 Å². The Morgan fingerprint density at radius 3 is 2.48 bits per heavy atom. The van der Waals surface area contributed by atoms with Crippen LogP contribution in [-0.2, 0) is 14.8 Å². The quantitative estimate of drug-likeness (QED) is 0.685. The number of carbonyl (C=O) groups excluding carboxylic acids is 1. The smallest absolute Gasteiger partial charge is 0.262 e. The summed E-state index contributed by atoms with van der Waals surface area (Å²) < 4.78 is 32.0. The van der Waals surface area contributed by atoms with E-state index < -0.39 is 15.9 Å². The number of benzene rings is 2. The number of rotatable bonds is 6. The molecule has 1 amide bonds. The van der Waals surface area contributed by atoms with Crippen molar-refractivity contribution in [3.8, 4) is 5.75 Å². The molecule has 2 aromatic rings. The summed E-state index contributed by atoms with van der Waals surface area (Å²) in [6.07, 6.45) is 0. The minimum absolute atomic E-state index is 0.118. The molecule has 0 aliphatic heterocycles. The zero-order chi connectivity index (χ0) is 20.4. The van der Waals surface area contributed by atoms with Crippen molar-refractivity contribution < 1.29 is 17.9 Å². The first-order valence-electron chi connectivity index (χ1n) is 7.94. The molecule has 1 N–H and O–H groups in total. The molecule has 146 valence electrons. The number of ether oxygens (including phenoxy) is 1. The number of anilines is 1. The Kier molecular flexibility index (Phi) is 6.91. The lowest BCUT2D eigenvalue weighted by Crippen LogP contribution is -2.24. The van der Waals surface area contributed by atoms with Crippen molar-refractivity contribution >= 4 is 49.1 Å². The second-order valence-electron chi connectivity index (χ2n) is 6.11. The molecule has 0 unspecified atom stereocenters. The van der Waals surface area contributed by atoms with Gasteiger partial charge in [-0.3, -0.25) is 4.79 Å². The van der Waals surface area contributed by atoms with Crippen molar-refractivity contribution in [3.05, 3.63) is 51.0 Å². The second kappa shape index (κ2) is 8.60. The first-order chi connectivity index (χ1) is 12.5. The summed E-state index contributed by atoms with van der Waals surface area (Å²) in [5.41, 5.74) is 1.97. The van der Waals surface area contributed by atoms with Gasteiger partial charge in [0.15, 0.2) is 6.61 Å². The minimum Gasteiger partial charge on any atom is -0.483 e. The number of halogens is 2. The molecular weight excluding hydrogens is 456 g/mol. The first-order valence-corrected chi connectivity index (χ1v) is 10.5. The highest BCUT2D eigenvalue weighted by atomic mass is 79.9. The van der Waals surface area contributed by atoms with Crippen LogP contribution in [0.15, 0.2) is 39.7 Å². The number of hydrogen-bond acceptors (Lipinski definition) is 4. The molecule has 0 atom stereocenters. The van der Waals surface area contributed by atoms with E-state index in [9.17, 15) is 13.2 Å². The Hall–Kier alpha value is -1.61. The predicted octanol–water partition coefficient (Wildman–Crippen LogP) is 3.99.